The highest BCUT2D eigenvalue weighted by molar-refractivity contribution is 5.89. The number of aliphatic hydroxyl groups excluding tert-OH is 1. The predicted octanol–water partition coefficient (Wildman–Crippen LogP) is -0.883. The number of aliphatic hydroxyl groups is 1. The molecular weight excluding hydrogens is 202 g/mol. The molecule has 0 aromatic heterocycles. The monoisotopic (exact) mass is 217 g/mol. The van der Waals surface area contributed by atoms with Gasteiger partial charge < -0.3 is 20.3 Å². The van der Waals surface area contributed by atoms with Crippen LogP contribution in [0.4, 0.5) is 0 Å². The Morgan fingerprint density at radius 2 is 2.27 bits per heavy atom. The number of carboxylic acids is 1. The van der Waals surface area contributed by atoms with Crippen LogP contribution < -0.4 is 5.32 Å². The largest absolute Gasteiger partial charge is 0.480 e. The highest BCUT2D eigenvalue weighted by atomic mass is 16.5. The zero-order chi connectivity index (χ0) is 11.5. The fourth-order valence-corrected chi connectivity index (χ4v) is 1.45. The third-order valence-electron chi connectivity index (χ3n) is 2.49. The molecular formula is C9H15NO5. The fraction of sp³-hybridized carbons (Fsp3) is 0.778. The molecule has 2 atom stereocenters. The van der Waals surface area contributed by atoms with E-state index in [1.54, 1.807) is 6.92 Å². The number of nitrogens with one attached hydrogen (secondary N) is 1. The van der Waals surface area contributed by atoms with Crippen LogP contribution in [0.25, 0.3) is 0 Å². The van der Waals surface area contributed by atoms with Crippen LogP contribution in [-0.4, -0.2) is 46.9 Å². The minimum absolute atomic E-state index is 0.485. The summed E-state index contributed by atoms with van der Waals surface area (Å²) in [6, 6.07) is -1.27. The third-order valence-corrected chi connectivity index (χ3v) is 2.49. The first-order valence-electron chi connectivity index (χ1n) is 4.78. The van der Waals surface area contributed by atoms with E-state index in [-0.39, 0.29) is 0 Å². The Morgan fingerprint density at radius 1 is 1.60 bits per heavy atom. The predicted molar refractivity (Wildman–Crippen MR) is 50.2 cm³/mol. The molecule has 0 radical (unpaired) electrons. The van der Waals surface area contributed by atoms with Crippen LogP contribution in [-0.2, 0) is 14.3 Å². The van der Waals surface area contributed by atoms with Crippen molar-refractivity contribution in [2.45, 2.75) is 31.4 Å². The van der Waals surface area contributed by atoms with Crippen molar-refractivity contribution in [3.05, 3.63) is 0 Å². The van der Waals surface area contributed by atoms with Crippen LogP contribution in [0.2, 0.25) is 0 Å². The smallest absolute Gasteiger partial charge is 0.328 e. The molecule has 0 aromatic carbocycles. The zero-order valence-electron chi connectivity index (χ0n) is 8.52. The molecule has 3 N–H and O–H groups in total. The zero-order valence-corrected chi connectivity index (χ0v) is 8.52. The van der Waals surface area contributed by atoms with E-state index in [1.807, 2.05) is 0 Å². The number of carbonyl (C=O) groups is 2. The molecule has 0 aliphatic carbocycles. The maximum Gasteiger partial charge on any atom is 0.328 e. The Bertz CT molecular complexity index is 259. The van der Waals surface area contributed by atoms with Crippen LogP contribution in [0, 0.1) is 0 Å². The lowest BCUT2D eigenvalue weighted by Gasteiger charge is -2.23. The van der Waals surface area contributed by atoms with Crippen LogP contribution in [0.15, 0.2) is 0 Å². The van der Waals surface area contributed by atoms with Crippen molar-refractivity contribution in [3.8, 4) is 0 Å². The Balaban J connectivity index is 2.57. The van der Waals surface area contributed by atoms with Gasteiger partial charge in [-0.25, -0.2) is 4.79 Å². The first-order chi connectivity index (χ1) is 6.99. The van der Waals surface area contributed by atoms with Gasteiger partial charge in [0.25, 0.3) is 5.91 Å². The Hall–Kier alpha value is -1.14. The molecule has 86 valence electrons. The van der Waals surface area contributed by atoms with E-state index in [4.69, 9.17) is 14.9 Å². The normalized spacial score (nSPS) is 27.3. The number of hydrogen-bond acceptors (Lipinski definition) is 4. The van der Waals surface area contributed by atoms with Gasteiger partial charge in [-0.15, -0.1) is 0 Å². The number of carbonyl (C=O) groups excluding carboxylic acids is 1. The van der Waals surface area contributed by atoms with Crippen molar-refractivity contribution in [1.29, 1.82) is 0 Å². The van der Waals surface area contributed by atoms with Gasteiger partial charge in [0, 0.05) is 6.61 Å². The first kappa shape index (κ1) is 11.9. The summed E-state index contributed by atoms with van der Waals surface area (Å²) in [7, 11) is 0. The molecule has 0 bridgehead atoms. The molecule has 1 saturated heterocycles. The second-order valence-corrected chi connectivity index (χ2v) is 3.73. The minimum Gasteiger partial charge on any atom is -0.480 e. The van der Waals surface area contributed by atoms with Crippen molar-refractivity contribution >= 4 is 11.9 Å². The highest BCUT2D eigenvalue weighted by Crippen LogP contribution is 2.25. The Labute approximate surface area is 87.2 Å². The van der Waals surface area contributed by atoms with Crippen molar-refractivity contribution in [3.63, 3.8) is 0 Å². The van der Waals surface area contributed by atoms with Crippen molar-refractivity contribution in [2.24, 2.45) is 0 Å². The van der Waals surface area contributed by atoms with Gasteiger partial charge in [-0.2, -0.15) is 0 Å². The lowest BCUT2D eigenvalue weighted by Crippen LogP contribution is -2.52. The summed E-state index contributed by atoms with van der Waals surface area (Å²) >= 11 is 0. The molecule has 6 nitrogen and oxygen atoms in total. The summed E-state index contributed by atoms with van der Waals surface area (Å²) in [5.41, 5.74) is -0.955. The van der Waals surface area contributed by atoms with E-state index >= 15 is 0 Å². The van der Waals surface area contributed by atoms with Crippen LogP contribution in [0.1, 0.15) is 19.8 Å². The SMILES string of the molecule is CC1(C(=O)N[C@@H](CO)C(=O)O)CCCO1. The molecule has 1 unspecified atom stereocenters. The molecule has 15 heavy (non-hydrogen) atoms. The van der Waals surface area contributed by atoms with E-state index in [9.17, 15) is 9.59 Å². The van der Waals surface area contributed by atoms with E-state index < -0.39 is 30.1 Å². The topological polar surface area (TPSA) is 95.9 Å². The van der Waals surface area contributed by atoms with Crippen LogP contribution in [0.3, 0.4) is 0 Å². The molecule has 1 rings (SSSR count). The minimum atomic E-state index is -1.27. The molecule has 6 heteroatoms. The highest BCUT2D eigenvalue weighted by Gasteiger charge is 2.39. The fourth-order valence-electron chi connectivity index (χ4n) is 1.45. The quantitative estimate of drug-likeness (QED) is 0.568. The maximum atomic E-state index is 11.6. The molecule has 0 saturated carbocycles. The Morgan fingerprint density at radius 3 is 2.67 bits per heavy atom. The maximum absolute atomic E-state index is 11.6. The van der Waals surface area contributed by atoms with E-state index in [0.717, 1.165) is 6.42 Å². The molecule has 1 aliphatic rings. The van der Waals surface area contributed by atoms with Crippen molar-refractivity contribution < 1.29 is 24.5 Å². The number of ether oxygens (including phenoxy) is 1. The van der Waals surface area contributed by atoms with Crippen molar-refractivity contribution in [2.75, 3.05) is 13.2 Å². The van der Waals surface area contributed by atoms with Crippen LogP contribution in [0.5, 0.6) is 0 Å². The van der Waals surface area contributed by atoms with Gasteiger partial charge in [0.2, 0.25) is 0 Å². The molecule has 0 spiro atoms. The molecule has 0 aromatic rings. The summed E-state index contributed by atoms with van der Waals surface area (Å²) in [6.45, 7) is 1.49. The average Bonchev–Trinajstić information content (AvgIpc) is 2.61. The summed E-state index contributed by atoms with van der Waals surface area (Å²) in [5.74, 6) is -1.74. The van der Waals surface area contributed by atoms with Crippen molar-refractivity contribution in [1.82, 2.24) is 5.32 Å². The van der Waals surface area contributed by atoms with Gasteiger partial charge in [0.15, 0.2) is 0 Å². The summed E-state index contributed by atoms with van der Waals surface area (Å²) in [5, 5.41) is 19.6. The molecule has 1 heterocycles. The van der Waals surface area contributed by atoms with E-state index in [0.29, 0.717) is 13.0 Å². The number of carboxylic acid groups (broad SMARTS) is 1. The van der Waals surface area contributed by atoms with Gasteiger partial charge in [-0.1, -0.05) is 0 Å². The number of amides is 1. The molecule has 1 fully saturated rings. The summed E-state index contributed by atoms with van der Waals surface area (Å²) in [4.78, 5) is 22.2. The van der Waals surface area contributed by atoms with Crippen LogP contribution >= 0.6 is 0 Å². The van der Waals surface area contributed by atoms with E-state index in [2.05, 4.69) is 5.32 Å². The molecule has 1 aliphatic heterocycles. The first-order valence-corrected chi connectivity index (χ1v) is 4.78. The lowest BCUT2D eigenvalue weighted by atomic mass is 10.0. The van der Waals surface area contributed by atoms with Gasteiger partial charge in [-0.3, -0.25) is 4.79 Å². The number of aliphatic carboxylic acids is 1. The third kappa shape index (κ3) is 2.66. The number of hydrogen-bond donors (Lipinski definition) is 3. The molecule has 1 amide bonds. The van der Waals surface area contributed by atoms with Gasteiger partial charge in [0.1, 0.15) is 11.6 Å². The average molecular weight is 217 g/mol. The Kier molecular flexibility index (Phi) is 3.65. The standard InChI is InChI=1S/C9H15NO5/c1-9(3-2-4-15-9)8(14)10-6(5-11)7(12)13/h6,11H,2-5H2,1H3,(H,10,14)(H,12,13)/t6-,9?/m0/s1. The lowest BCUT2D eigenvalue weighted by molar-refractivity contribution is -0.148. The van der Waals surface area contributed by atoms with Gasteiger partial charge in [-0.05, 0) is 19.8 Å². The summed E-state index contributed by atoms with van der Waals surface area (Å²) in [6.07, 6.45) is 1.34. The second-order valence-electron chi connectivity index (χ2n) is 3.73. The van der Waals surface area contributed by atoms with E-state index in [1.165, 1.54) is 0 Å². The second kappa shape index (κ2) is 4.59. The van der Waals surface area contributed by atoms with Gasteiger partial charge >= 0.3 is 5.97 Å². The van der Waals surface area contributed by atoms with Gasteiger partial charge in [0.05, 0.1) is 6.61 Å². The number of rotatable bonds is 4. The summed E-state index contributed by atoms with van der Waals surface area (Å²) < 4.78 is 5.24.